The van der Waals surface area contributed by atoms with Crippen LogP contribution in [0.4, 0.5) is 5.69 Å². The largest absolute Gasteiger partial charge is 0.480 e. The van der Waals surface area contributed by atoms with Gasteiger partial charge in [-0.3, -0.25) is 0 Å². The van der Waals surface area contributed by atoms with E-state index in [1.807, 2.05) is 0 Å². The van der Waals surface area contributed by atoms with Crippen LogP contribution >= 0.6 is 11.6 Å². The van der Waals surface area contributed by atoms with E-state index in [4.69, 9.17) is 22.1 Å². The van der Waals surface area contributed by atoms with Crippen LogP contribution in [0.15, 0.2) is 18.2 Å². The highest BCUT2D eigenvalue weighted by atomic mass is 35.5. The molecule has 0 saturated carbocycles. The molecule has 76 valence electrons. The van der Waals surface area contributed by atoms with Crippen LogP contribution < -0.4 is 10.5 Å². The Bertz CT molecular complexity index is 341. The normalized spacial score (nSPS) is 9.57. The van der Waals surface area contributed by atoms with Gasteiger partial charge in [0.2, 0.25) is 0 Å². The van der Waals surface area contributed by atoms with Crippen molar-refractivity contribution in [1.29, 1.82) is 0 Å². The molecule has 5 heteroatoms. The van der Waals surface area contributed by atoms with E-state index in [1.165, 1.54) is 7.11 Å². The number of methoxy groups -OCH3 is 1. The topological polar surface area (TPSA) is 61.5 Å². The Morgan fingerprint density at radius 2 is 2.29 bits per heavy atom. The van der Waals surface area contributed by atoms with Crippen molar-refractivity contribution in [2.24, 2.45) is 0 Å². The maximum Gasteiger partial charge on any atom is 0.343 e. The van der Waals surface area contributed by atoms with Crippen LogP contribution in [0.3, 0.4) is 0 Å². The lowest BCUT2D eigenvalue weighted by Gasteiger charge is -2.06. The predicted octanol–water partition coefficient (Wildman–Crippen LogP) is 1.47. The first kappa shape index (κ1) is 10.7. The van der Waals surface area contributed by atoms with E-state index in [1.54, 1.807) is 18.2 Å². The summed E-state index contributed by atoms with van der Waals surface area (Å²) in [6.07, 6.45) is 0. The first-order valence-electron chi connectivity index (χ1n) is 3.88. The van der Waals surface area contributed by atoms with E-state index >= 15 is 0 Å². The zero-order valence-corrected chi connectivity index (χ0v) is 8.38. The van der Waals surface area contributed by atoms with Gasteiger partial charge in [0.25, 0.3) is 0 Å². The van der Waals surface area contributed by atoms with Crippen LogP contribution in [0.2, 0.25) is 5.02 Å². The number of halogens is 1. The third kappa shape index (κ3) is 2.81. The SMILES string of the molecule is COC(=O)COc1ccc(N)cc1Cl. The third-order valence-corrected chi connectivity index (χ3v) is 1.82. The number of anilines is 1. The Morgan fingerprint density at radius 3 is 2.86 bits per heavy atom. The molecule has 0 bridgehead atoms. The van der Waals surface area contributed by atoms with Crippen molar-refractivity contribution in [3.63, 3.8) is 0 Å². The number of esters is 1. The van der Waals surface area contributed by atoms with Crippen molar-refractivity contribution in [3.05, 3.63) is 23.2 Å². The maximum atomic E-state index is 10.7. The van der Waals surface area contributed by atoms with Crippen molar-refractivity contribution in [2.45, 2.75) is 0 Å². The first-order chi connectivity index (χ1) is 6.63. The number of ether oxygens (including phenoxy) is 2. The molecule has 4 nitrogen and oxygen atoms in total. The Balaban J connectivity index is 2.63. The van der Waals surface area contributed by atoms with Gasteiger partial charge in [0.05, 0.1) is 12.1 Å². The molecule has 14 heavy (non-hydrogen) atoms. The zero-order valence-electron chi connectivity index (χ0n) is 7.62. The van der Waals surface area contributed by atoms with E-state index in [2.05, 4.69) is 4.74 Å². The van der Waals surface area contributed by atoms with Crippen LogP contribution in [-0.2, 0) is 9.53 Å². The van der Waals surface area contributed by atoms with Crippen molar-refractivity contribution in [3.8, 4) is 5.75 Å². The molecule has 1 aromatic rings. The Morgan fingerprint density at radius 1 is 1.57 bits per heavy atom. The molecule has 0 atom stereocenters. The molecule has 0 heterocycles. The molecule has 0 radical (unpaired) electrons. The molecule has 0 unspecified atom stereocenters. The van der Waals surface area contributed by atoms with Crippen LogP contribution in [0.1, 0.15) is 0 Å². The number of hydrogen-bond donors (Lipinski definition) is 1. The van der Waals surface area contributed by atoms with Gasteiger partial charge in [0, 0.05) is 5.69 Å². The molecule has 0 spiro atoms. The molecule has 0 aromatic heterocycles. The van der Waals surface area contributed by atoms with Gasteiger partial charge >= 0.3 is 5.97 Å². The summed E-state index contributed by atoms with van der Waals surface area (Å²) in [6, 6.07) is 4.78. The Hall–Kier alpha value is -1.42. The number of nitrogen functional groups attached to an aromatic ring is 1. The zero-order chi connectivity index (χ0) is 10.6. The molecule has 0 aliphatic rings. The lowest BCUT2D eigenvalue weighted by molar-refractivity contribution is -0.142. The number of benzene rings is 1. The molecule has 1 rings (SSSR count). The van der Waals surface area contributed by atoms with Crippen molar-refractivity contribution < 1.29 is 14.3 Å². The van der Waals surface area contributed by atoms with Crippen LogP contribution in [0.25, 0.3) is 0 Å². The fourth-order valence-electron chi connectivity index (χ4n) is 0.830. The average molecular weight is 216 g/mol. The second-order valence-corrected chi connectivity index (χ2v) is 2.96. The second kappa shape index (κ2) is 4.72. The second-order valence-electron chi connectivity index (χ2n) is 2.55. The van der Waals surface area contributed by atoms with E-state index in [0.717, 1.165) is 0 Å². The number of nitrogens with two attached hydrogens (primary N) is 1. The minimum atomic E-state index is -0.460. The minimum Gasteiger partial charge on any atom is -0.480 e. The monoisotopic (exact) mass is 215 g/mol. The fourth-order valence-corrected chi connectivity index (χ4v) is 1.07. The molecule has 0 fully saturated rings. The summed E-state index contributed by atoms with van der Waals surface area (Å²) in [5.41, 5.74) is 6.02. The van der Waals surface area contributed by atoms with Crippen LogP contribution in [0.5, 0.6) is 5.75 Å². The average Bonchev–Trinajstić information content (AvgIpc) is 2.16. The molecular formula is C9H10ClNO3. The first-order valence-corrected chi connectivity index (χ1v) is 4.26. The molecular weight excluding hydrogens is 206 g/mol. The molecule has 1 aromatic carbocycles. The predicted molar refractivity (Wildman–Crippen MR) is 53.4 cm³/mol. The van der Waals surface area contributed by atoms with E-state index in [0.29, 0.717) is 16.5 Å². The van der Waals surface area contributed by atoms with Crippen molar-refractivity contribution in [1.82, 2.24) is 0 Å². The highest BCUT2D eigenvalue weighted by Crippen LogP contribution is 2.26. The smallest absolute Gasteiger partial charge is 0.343 e. The quantitative estimate of drug-likeness (QED) is 0.613. The van der Waals surface area contributed by atoms with E-state index in [9.17, 15) is 4.79 Å². The number of carbonyl (C=O) groups excluding carboxylic acids is 1. The Kier molecular flexibility index (Phi) is 3.59. The third-order valence-electron chi connectivity index (χ3n) is 1.53. The summed E-state index contributed by atoms with van der Waals surface area (Å²) in [7, 11) is 1.29. The lowest BCUT2D eigenvalue weighted by atomic mass is 10.3. The van der Waals surface area contributed by atoms with E-state index in [-0.39, 0.29) is 6.61 Å². The van der Waals surface area contributed by atoms with Gasteiger partial charge in [-0.25, -0.2) is 4.79 Å². The van der Waals surface area contributed by atoms with Gasteiger partial charge in [0.15, 0.2) is 6.61 Å². The number of hydrogen-bond acceptors (Lipinski definition) is 4. The summed E-state index contributed by atoms with van der Waals surface area (Å²) < 4.78 is 9.49. The summed E-state index contributed by atoms with van der Waals surface area (Å²) >= 11 is 5.80. The highest BCUT2D eigenvalue weighted by molar-refractivity contribution is 6.32. The lowest BCUT2D eigenvalue weighted by Crippen LogP contribution is -2.12. The summed E-state index contributed by atoms with van der Waals surface area (Å²) in [4.78, 5) is 10.7. The van der Waals surface area contributed by atoms with Gasteiger partial charge in [0.1, 0.15) is 5.75 Å². The maximum absolute atomic E-state index is 10.7. The minimum absolute atomic E-state index is 0.167. The summed E-state index contributed by atoms with van der Waals surface area (Å²) in [5, 5.41) is 0.369. The molecule has 0 aliphatic heterocycles. The van der Waals surface area contributed by atoms with Crippen LogP contribution in [-0.4, -0.2) is 19.7 Å². The summed E-state index contributed by atoms with van der Waals surface area (Å²) in [5.74, 6) is -0.0517. The molecule has 2 N–H and O–H groups in total. The molecule has 0 amide bonds. The van der Waals surface area contributed by atoms with E-state index < -0.39 is 5.97 Å². The molecule has 0 saturated heterocycles. The Labute approximate surface area is 86.6 Å². The standard InChI is InChI=1S/C9H10ClNO3/c1-13-9(12)5-14-8-3-2-6(11)4-7(8)10/h2-4H,5,11H2,1H3. The van der Waals surface area contributed by atoms with Gasteiger partial charge in [-0.1, -0.05) is 11.6 Å². The van der Waals surface area contributed by atoms with Crippen molar-refractivity contribution in [2.75, 3.05) is 19.5 Å². The highest BCUT2D eigenvalue weighted by Gasteiger charge is 2.05. The molecule has 0 aliphatic carbocycles. The van der Waals surface area contributed by atoms with Gasteiger partial charge < -0.3 is 15.2 Å². The number of rotatable bonds is 3. The van der Waals surface area contributed by atoms with Gasteiger partial charge in [-0.2, -0.15) is 0 Å². The number of carbonyl (C=O) groups is 1. The van der Waals surface area contributed by atoms with Gasteiger partial charge in [-0.15, -0.1) is 0 Å². The summed E-state index contributed by atoms with van der Waals surface area (Å²) in [6.45, 7) is -0.167. The van der Waals surface area contributed by atoms with Gasteiger partial charge in [-0.05, 0) is 18.2 Å². The van der Waals surface area contributed by atoms with Crippen molar-refractivity contribution >= 4 is 23.3 Å². The fraction of sp³-hybridized carbons (Fsp3) is 0.222. The van der Waals surface area contributed by atoms with Crippen LogP contribution in [0, 0.1) is 0 Å².